The fourth-order valence-corrected chi connectivity index (χ4v) is 0.525. The fourth-order valence-electron chi connectivity index (χ4n) is 0.525. The van der Waals surface area contributed by atoms with Gasteiger partial charge in [0.1, 0.15) is 0 Å². The van der Waals surface area contributed by atoms with Crippen molar-refractivity contribution in [1.82, 2.24) is 0 Å². The summed E-state index contributed by atoms with van der Waals surface area (Å²) in [5.74, 6) is -1.77. The molecule has 0 aromatic rings. The zero-order chi connectivity index (χ0) is 11.0. The molecule has 14 heavy (non-hydrogen) atoms. The summed E-state index contributed by atoms with van der Waals surface area (Å²) in [4.78, 5) is 32.0. The highest BCUT2D eigenvalue weighted by Gasteiger charge is 2.11. The molecule has 0 spiro atoms. The first-order valence-electron chi connectivity index (χ1n) is 3.83. The minimum absolute atomic E-state index is 0.884. The van der Waals surface area contributed by atoms with Gasteiger partial charge >= 0.3 is 18.1 Å². The van der Waals surface area contributed by atoms with E-state index in [1.54, 1.807) is 13.8 Å². The summed E-state index contributed by atoms with van der Waals surface area (Å²) in [6.07, 6.45) is 3.51. The van der Waals surface area contributed by atoms with Crippen LogP contribution in [0, 0.1) is 0 Å². The predicted molar refractivity (Wildman–Crippen MR) is 47.2 cm³/mol. The van der Waals surface area contributed by atoms with E-state index < -0.39 is 18.1 Å². The molecule has 0 unspecified atom stereocenters. The molecule has 0 saturated carbocycles. The normalized spacial score (nSPS) is 10.4. The van der Waals surface area contributed by atoms with Gasteiger partial charge in [-0.2, -0.15) is 0 Å². The number of carbonyl (C=O) groups excluding carboxylic acids is 3. The molecule has 0 aliphatic carbocycles. The zero-order valence-corrected chi connectivity index (χ0v) is 7.85. The van der Waals surface area contributed by atoms with E-state index in [9.17, 15) is 14.4 Å². The van der Waals surface area contributed by atoms with Gasteiger partial charge in [-0.05, 0) is 13.8 Å². The van der Waals surface area contributed by atoms with Crippen LogP contribution < -0.4 is 0 Å². The molecule has 5 nitrogen and oxygen atoms in total. The lowest BCUT2D eigenvalue weighted by atomic mass is 10.5. The van der Waals surface area contributed by atoms with Crippen LogP contribution in [-0.4, -0.2) is 18.1 Å². The number of esters is 2. The molecule has 0 amide bonds. The molecule has 0 N–H and O–H groups in total. The third-order valence-electron chi connectivity index (χ3n) is 0.973. The Hall–Kier alpha value is -1.91. The Balaban J connectivity index is 3.99. The monoisotopic (exact) mass is 198 g/mol. The third kappa shape index (κ3) is 5.70. The van der Waals surface area contributed by atoms with Crippen molar-refractivity contribution in [1.29, 1.82) is 0 Å². The molecule has 5 heteroatoms. The molecule has 0 radical (unpaired) electrons. The van der Waals surface area contributed by atoms with Gasteiger partial charge in [0.15, 0.2) is 0 Å². The Morgan fingerprint density at radius 2 is 1.21 bits per heavy atom. The number of hydrogen-bond donors (Lipinski definition) is 0. The summed E-state index contributed by atoms with van der Waals surface area (Å²) in [6.45, 7) is 3.16. The zero-order valence-electron chi connectivity index (χ0n) is 7.85. The maximum atomic E-state index is 10.7. The Morgan fingerprint density at radius 1 is 0.857 bits per heavy atom. The largest absolute Gasteiger partial charge is 0.524 e. The second-order valence-corrected chi connectivity index (χ2v) is 2.09. The lowest BCUT2D eigenvalue weighted by Gasteiger charge is -1.97. The van der Waals surface area contributed by atoms with Crippen molar-refractivity contribution in [2.45, 2.75) is 13.8 Å². The molecule has 0 atom stereocenters. The van der Waals surface area contributed by atoms with E-state index in [2.05, 4.69) is 9.47 Å². The first-order chi connectivity index (χ1) is 6.60. The maximum Gasteiger partial charge on any atom is 0.524 e. The molecule has 0 saturated heterocycles. The maximum absolute atomic E-state index is 10.7. The SMILES string of the molecule is CC=CC(=O)OC(=O)OC(=O)C=CC. The van der Waals surface area contributed by atoms with Crippen LogP contribution in [0.25, 0.3) is 0 Å². The van der Waals surface area contributed by atoms with Crippen LogP contribution in [-0.2, 0) is 19.1 Å². The highest BCUT2D eigenvalue weighted by atomic mass is 16.8. The van der Waals surface area contributed by atoms with Gasteiger partial charge in [-0.3, -0.25) is 0 Å². The van der Waals surface area contributed by atoms with Crippen molar-refractivity contribution >= 4 is 18.1 Å². The van der Waals surface area contributed by atoms with Crippen molar-refractivity contribution < 1.29 is 23.9 Å². The van der Waals surface area contributed by atoms with Gasteiger partial charge in [0.2, 0.25) is 0 Å². The summed E-state index contributed by atoms with van der Waals surface area (Å²) >= 11 is 0. The van der Waals surface area contributed by atoms with Crippen LogP contribution in [0.4, 0.5) is 4.79 Å². The van der Waals surface area contributed by atoms with E-state index in [0.29, 0.717) is 0 Å². The average Bonchev–Trinajstić information content (AvgIpc) is 2.03. The van der Waals surface area contributed by atoms with Crippen molar-refractivity contribution in [3.05, 3.63) is 24.3 Å². The van der Waals surface area contributed by atoms with Gasteiger partial charge in [0.25, 0.3) is 0 Å². The smallest absolute Gasteiger partial charge is 0.357 e. The summed E-state index contributed by atoms with van der Waals surface area (Å²) < 4.78 is 8.13. The second kappa shape index (κ2) is 6.59. The number of allylic oxidation sites excluding steroid dienone is 2. The minimum atomic E-state index is -1.34. The van der Waals surface area contributed by atoms with E-state index in [4.69, 9.17) is 0 Å². The van der Waals surface area contributed by atoms with Crippen LogP contribution in [0.15, 0.2) is 24.3 Å². The van der Waals surface area contributed by atoms with Crippen LogP contribution in [0.5, 0.6) is 0 Å². The van der Waals surface area contributed by atoms with Crippen LogP contribution in [0.1, 0.15) is 13.8 Å². The Kier molecular flexibility index (Phi) is 5.69. The highest BCUT2D eigenvalue weighted by molar-refractivity contribution is 5.95. The minimum Gasteiger partial charge on any atom is -0.357 e. The molecular formula is C9H10O5. The molecule has 0 aliphatic heterocycles. The van der Waals surface area contributed by atoms with Crippen molar-refractivity contribution in [3.63, 3.8) is 0 Å². The Bertz CT molecular complexity index is 260. The first kappa shape index (κ1) is 12.1. The first-order valence-corrected chi connectivity index (χ1v) is 3.83. The third-order valence-corrected chi connectivity index (χ3v) is 0.973. The number of ether oxygens (including phenoxy) is 2. The Labute approximate surface area is 81.0 Å². The molecule has 0 rings (SSSR count). The lowest BCUT2D eigenvalue weighted by Crippen LogP contribution is -2.15. The molecule has 0 bridgehead atoms. The molecule has 0 heterocycles. The summed E-state index contributed by atoms with van der Waals surface area (Å²) in [7, 11) is 0. The van der Waals surface area contributed by atoms with E-state index in [1.165, 1.54) is 12.2 Å². The molecule has 0 aliphatic rings. The van der Waals surface area contributed by atoms with E-state index in [0.717, 1.165) is 12.2 Å². The van der Waals surface area contributed by atoms with Crippen molar-refractivity contribution in [3.8, 4) is 0 Å². The van der Waals surface area contributed by atoms with Crippen molar-refractivity contribution in [2.24, 2.45) is 0 Å². The number of hydrogen-bond acceptors (Lipinski definition) is 5. The fraction of sp³-hybridized carbons (Fsp3) is 0.222. The Morgan fingerprint density at radius 3 is 1.50 bits per heavy atom. The predicted octanol–water partition coefficient (Wildman–Crippen LogP) is 1.34. The van der Waals surface area contributed by atoms with E-state index >= 15 is 0 Å². The summed E-state index contributed by atoms with van der Waals surface area (Å²) in [6, 6.07) is 0. The summed E-state index contributed by atoms with van der Waals surface area (Å²) in [5, 5.41) is 0. The molecular weight excluding hydrogens is 188 g/mol. The molecule has 0 aromatic carbocycles. The second-order valence-electron chi connectivity index (χ2n) is 2.09. The van der Waals surface area contributed by atoms with E-state index in [1.807, 2.05) is 0 Å². The number of carbonyl (C=O) groups is 3. The average molecular weight is 198 g/mol. The van der Waals surface area contributed by atoms with Crippen molar-refractivity contribution in [2.75, 3.05) is 0 Å². The number of rotatable bonds is 2. The topological polar surface area (TPSA) is 69.7 Å². The molecule has 76 valence electrons. The van der Waals surface area contributed by atoms with Crippen LogP contribution in [0.3, 0.4) is 0 Å². The summed E-state index contributed by atoms with van der Waals surface area (Å²) in [5.41, 5.74) is 0. The van der Waals surface area contributed by atoms with Crippen LogP contribution in [0.2, 0.25) is 0 Å². The standard InChI is InChI=1S/C9H10O5/c1-3-5-7(10)13-9(12)14-8(11)6-4-2/h3-6H,1-2H3. The van der Waals surface area contributed by atoms with Gasteiger partial charge in [-0.25, -0.2) is 14.4 Å². The quantitative estimate of drug-likeness (QED) is 0.380. The lowest BCUT2D eigenvalue weighted by molar-refractivity contribution is -0.140. The van der Waals surface area contributed by atoms with Gasteiger partial charge in [0.05, 0.1) is 0 Å². The van der Waals surface area contributed by atoms with Crippen LogP contribution >= 0.6 is 0 Å². The molecule has 0 aromatic heterocycles. The van der Waals surface area contributed by atoms with E-state index in [-0.39, 0.29) is 0 Å². The van der Waals surface area contributed by atoms with Gasteiger partial charge in [0, 0.05) is 12.2 Å². The van der Waals surface area contributed by atoms with Gasteiger partial charge in [-0.1, -0.05) is 12.2 Å². The highest BCUT2D eigenvalue weighted by Crippen LogP contribution is 1.90. The molecule has 0 fully saturated rings. The van der Waals surface area contributed by atoms with Gasteiger partial charge < -0.3 is 9.47 Å². The van der Waals surface area contributed by atoms with Gasteiger partial charge in [-0.15, -0.1) is 0 Å².